The number of benzene rings is 1. The number of carbonyl (C=O) groups excluding carboxylic acids is 1. The highest BCUT2D eigenvalue weighted by Gasteiger charge is 2.00. The molecule has 1 N–H and O–H groups in total. The maximum Gasteiger partial charge on any atom is 0.150 e. The molecule has 0 bridgehead atoms. The molecule has 3 heteroatoms. The zero-order valence-corrected chi connectivity index (χ0v) is 14.0. The fraction of sp³-hybridized carbons (Fsp3) is 0.632. The average Bonchev–Trinajstić information content (AvgIpc) is 2.56. The Bertz CT molecular complexity index is 389. The molecule has 0 saturated heterocycles. The Morgan fingerprint density at radius 3 is 1.86 bits per heavy atom. The van der Waals surface area contributed by atoms with Crippen molar-refractivity contribution in [3.8, 4) is 0 Å². The van der Waals surface area contributed by atoms with Gasteiger partial charge in [-0.2, -0.15) is 0 Å². The Morgan fingerprint density at radius 1 is 0.864 bits per heavy atom. The largest absolute Gasteiger partial charge is 0.396 e. The molecule has 0 spiro atoms. The van der Waals surface area contributed by atoms with Crippen LogP contribution in [0.5, 0.6) is 0 Å². The molecule has 0 fully saturated rings. The Hall–Kier alpha value is -1.35. The number of hydrogen-bond donors (Lipinski definition) is 1. The van der Waals surface area contributed by atoms with Crippen LogP contribution >= 0.6 is 0 Å². The van der Waals surface area contributed by atoms with E-state index in [1.165, 1.54) is 57.1 Å². The zero-order chi connectivity index (χ0) is 16.0. The van der Waals surface area contributed by atoms with E-state index in [1.54, 1.807) is 0 Å². The van der Waals surface area contributed by atoms with Gasteiger partial charge in [0.05, 0.1) is 0 Å². The summed E-state index contributed by atoms with van der Waals surface area (Å²) in [7, 11) is 2.11. The minimum Gasteiger partial charge on any atom is -0.396 e. The van der Waals surface area contributed by atoms with Gasteiger partial charge in [-0.25, -0.2) is 0 Å². The highest BCUT2D eigenvalue weighted by molar-refractivity contribution is 5.75. The lowest BCUT2D eigenvalue weighted by Gasteiger charge is -2.19. The van der Waals surface area contributed by atoms with Gasteiger partial charge < -0.3 is 10.0 Å². The lowest BCUT2D eigenvalue weighted by Crippen LogP contribution is -2.18. The maximum absolute atomic E-state index is 10.6. The summed E-state index contributed by atoms with van der Waals surface area (Å²) in [4.78, 5) is 12.9. The minimum atomic E-state index is 0.339. The van der Waals surface area contributed by atoms with Gasteiger partial charge in [0.15, 0.2) is 0 Å². The highest BCUT2D eigenvalue weighted by atomic mass is 16.2. The van der Waals surface area contributed by atoms with Crippen molar-refractivity contribution in [3.63, 3.8) is 0 Å². The van der Waals surface area contributed by atoms with Crippen molar-refractivity contribution >= 4 is 12.0 Å². The van der Waals surface area contributed by atoms with Crippen LogP contribution in [-0.2, 0) is 0 Å². The summed E-state index contributed by atoms with van der Waals surface area (Å²) in [6.07, 6.45) is 12.1. The summed E-state index contributed by atoms with van der Waals surface area (Å²) in [5, 5.41) is 8.70. The van der Waals surface area contributed by atoms with Crippen LogP contribution in [0.4, 0.5) is 5.69 Å². The summed E-state index contributed by atoms with van der Waals surface area (Å²) in [6, 6.07) is 7.76. The molecule has 0 unspecified atom stereocenters. The fourth-order valence-electron chi connectivity index (χ4n) is 2.63. The van der Waals surface area contributed by atoms with Crippen molar-refractivity contribution < 1.29 is 9.90 Å². The predicted molar refractivity (Wildman–Crippen MR) is 93.7 cm³/mol. The van der Waals surface area contributed by atoms with Gasteiger partial charge in [0, 0.05) is 31.5 Å². The van der Waals surface area contributed by atoms with Crippen molar-refractivity contribution in [1.82, 2.24) is 0 Å². The third-order valence-electron chi connectivity index (χ3n) is 4.12. The van der Waals surface area contributed by atoms with E-state index in [0.717, 1.165) is 24.8 Å². The molecule has 0 aliphatic carbocycles. The number of carbonyl (C=O) groups is 1. The van der Waals surface area contributed by atoms with E-state index in [1.807, 2.05) is 24.3 Å². The lowest BCUT2D eigenvalue weighted by molar-refractivity contribution is 0.112. The second-order valence-electron chi connectivity index (χ2n) is 6.04. The molecular formula is C19H31NO2. The van der Waals surface area contributed by atoms with Gasteiger partial charge in [-0.05, 0) is 37.1 Å². The molecule has 3 nitrogen and oxygen atoms in total. The summed E-state index contributed by atoms with van der Waals surface area (Å²) in [6.45, 7) is 1.41. The van der Waals surface area contributed by atoms with Crippen LogP contribution in [0.1, 0.15) is 68.1 Å². The van der Waals surface area contributed by atoms with Crippen molar-refractivity contribution in [2.24, 2.45) is 0 Å². The van der Waals surface area contributed by atoms with Gasteiger partial charge in [0.25, 0.3) is 0 Å². The Labute approximate surface area is 135 Å². The number of rotatable bonds is 13. The van der Waals surface area contributed by atoms with E-state index >= 15 is 0 Å². The normalized spacial score (nSPS) is 10.6. The highest BCUT2D eigenvalue weighted by Crippen LogP contribution is 2.15. The van der Waals surface area contributed by atoms with Crippen LogP contribution in [0.2, 0.25) is 0 Å². The minimum absolute atomic E-state index is 0.339. The first kappa shape index (κ1) is 18.7. The molecule has 1 aromatic carbocycles. The third-order valence-corrected chi connectivity index (χ3v) is 4.12. The number of aliphatic hydroxyl groups excluding tert-OH is 1. The maximum atomic E-state index is 10.6. The molecule has 22 heavy (non-hydrogen) atoms. The first-order valence-corrected chi connectivity index (χ1v) is 8.65. The lowest BCUT2D eigenvalue weighted by atomic mass is 10.1. The average molecular weight is 305 g/mol. The summed E-state index contributed by atoms with van der Waals surface area (Å²) in [5.74, 6) is 0. The Kier molecular flexibility index (Phi) is 10.4. The van der Waals surface area contributed by atoms with Crippen LogP contribution in [0.3, 0.4) is 0 Å². The molecule has 0 atom stereocenters. The van der Waals surface area contributed by atoms with Crippen molar-refractivity contribution in [2.75, 3.05) is 25.1 Å². The second-order valence-corrected chi connectivity index (χ2v) is 6.04. The van der Waals surface area contributed by atoms with Crippen LogP contribution in [0, 0.1) is 0 Å². The number of aldehydes is 1. The first-order chi connectivity index (χ1) is 10.8. The van der Waals surface area contributed by atoms with Crippen LogP contribution in [-0.4, -0.2) is 31.6 Å². The molecule has 0 aromatic heterocycles. The van der Waals surface area contributed by atoms with E-state index < -0.39 is 0 Å². The molecule has 124 valence electrons. The van der Waals surface area contributed by atoms with Crippen LogP contribution in [0.25, 0.3) is 0 Å². The topological polar surface area (TPSA) is 40.5 Å². The van der Waals surface area contributed by atoms with Gasteiger partial charge in [0.2, 0.25) is 0 Å². The van der Waals surface area contributed by atoms with E-state index in [-0.39, 0.29) is 0 Å². The molecule has 0 heterocycles. The van der Waals surface area contributed by atoms with E-state index in [9.17, 15) is 4.79 Å². The molecule has 0 radical (unpaired) electrons. The Balaban J connectivity index is 2.00. The molecule has 0 aliphatic heterocycles. The number of nitrogens with zero attached hydrogens (tertiary/aromatic N) is 1. The summed E-state index contributed by atoms with van der Waals surface area (Å²) in [5.41, 5.74) is 1.91. The number of hydrogen-bond acceptors (Lipinski definition) is 3. The van der Waals surface area contributed by atoms with Crippen LogP contribution in [0.15, 0.2) is 24.3 Å². The standard InChI is InChI=1S/C19H31NO2/c1-20(19-13-11-18(17-22)12-14-19)15-9-7-5-3-2-4-6-8-10-16-21/h11-14,17,21H,2-10,15-16H2,1H3. The van der Waals surface area contributed by atoms with Crippen molar-refractivity contribution in [1.29, 1.82) is 0 Å². The van der Waals surface area contributed by atoms with Gasteiger partial charge in [-0.1, -0.05) is 44.9 Å². The number of unbranched alkanes of at least 4 members (excludes halogenated alkanes) is 8. The fourth-order valence-corrected chi connectivity index (χ4v) is 2.63. The van der Waals surface area contributed by atoms with E-state index in [0.29, 0.717) is 6.61 Å². The molecule has 1 aromatic rings. The molecule has 1 rings (SSSR count). The molecule has 0 amide bonds. The molecular weight excluding hydrogens is 274 g/mol. The van der Waals surface area contributed by atoms with Gasteiger partial charge in [-0.15, -0.1) is 0 Å². The summed E-state index contributed by atoms with van der Waals surface area (Å²) < 4.78 is 0. The van der Waals surface area contributed by atoms with Gasteiger partial charge in [0.1, 0.15) is 6.29 Å². The Morgan fingerprint density at radius 2 is 1.36 bits per heavy atom. The summed E-state index contributed by atoms with van der Waals surface area (Å²) >= 11 is 0. The smallest absolute Gasteiger partial charge is 0.150 e. The quantitative estimate of drug-likeness (QED) is 0.433. The van der Waals surface area contributed by atoms with Crippen LogP contribution < -0.4 is 4.90 Å². The predicted octanol–water partition coefficient (Wildman–Crippen LogP) is 4.44. The zero-order valence-electron chi connectivity index (χ0n) is 14.0. The second kappa shape index (κ2) is 12.2. The molecule has 0 aliphatic rings. The number of anilines is 1. The SMILES string of the molecule is CN(CCCCCCCCCCCO)c1ccc(C=O)cc1. The third kappa shape index (κ3) is 8.18. The van der Waals surface area contributed by atoms with E-state index in [2.05, 4.69) is 11.9 Å². The van der Waals surface area contributed by atoms with E-state index in [4.69, 9.17) is 5.11 Å². The van der Waals surface area contributed by atoms with Gasteiger partial charge >= 0.3 is 0 Å². The van der Waals surface area contributed by atoms with Crippen molar-refractivity contribution in [2.45, 2.75) is 57.8 Å². The molecule has 0 saturated carbocycles. The monoisotopic (exact) mass is 305 g/mol. The first-order valence-electron chi connectivity index (χ1n) is 8.65. The van der Waals surface area contributed by atoms with Crippen molar-refractivity contribution in [3.05, 3.63) is 29.8 Å². The number of aliphatic hydroxyl groups is 1. The van der Waals surface area contributed by atoms with Gasteiger partial charge in [-0.3, -0.25) is 4.79 Å².